The van der Waals surface area contributed by atoms with Crippen molar-refractivity contribution >= 4 is 17.8 Å². The van der Waals surface area contributed by atoms with Crippen molar-refractivity contribution in [3.05, 3.63) is 95.6 Å². The van der Waals surface area contributed by atoms with E-state index in [0.29, 0.717) is 32.5 Å². The van der Waals surface area contributed by atoms with Crippen LogP contribution < -0.4 is 11.1 Å². The smallest absolute Gasteiger partial charge is 0.334 e. The minimum absolute atomic E-state index is 0.0260. The third-order valence-electron chi connectivity index (χ3n) is 8.43. The first-order chi connectivity index (χ1) is 21.5. The van der Waals surface area contributed by atoms with E-state index in [4.69, 9.17) is 5.73 Å². The lowest BCUT2D eigenvalue weighted by Crippen LogP contribution is -2.76. The lowest BCUT2D eigenvalue weighted by molar-refractivity contribution is -0.187. The van der Waals surface area contributed by atoms with Crippen molar-refractivity contribution in [1.82, 2.24) is 25.1 Å². The summed E-state index contributed by atoms with van der Waals surface area (Å²) in [6.45, 7) is 5.59. The molecule has 2 aromatic carbocycles. The number of piperazine rings is 1. The normalized spacial score (nSPS) is 20.8. The molecule has 3 N–H and O–H groups in total. The van der Waals surface area contributed by atoms with Crippen LogP contribution in [0.25, 0.3) is 0 Å². The van der Waals surface area contributed by atoms with Crippen LogP contribution >= 0.6 is 0 Å². The maximum absolute atomic E-state index is 14.0. The van der Waals surface area contributed by atoms with Gasteiger partial charge in [0, 0.05) is 26.1 Å². The lowest BCUT2D eigenvalue weighted by Gasteiger charge is -2.54. The SMILES string of the molecule is CC.CN1CC(=O)N2[C@@H](CCCN)C(=O)N(CCC(C3=CCCC=C3)c3ccccc3)C[C@@H]2N1C(=O)NCc1ccccc1. The molecule has 9 heteroatoms. The van der Waals surface area contributed by atoms with E-state index in [0.717, 1.165) is 24.8 Å². The molecule has 2 aliphatic heterocycles. The third kappa shape index (κ3) is 7.76. The monoisotopic (exact) mass is 600 g/mol. The third-order valence-corrected chi connectivity index (χ3v) is 8.43. The maximum atomic E-state index is 14.0. The van der Waals surface area contributed by atoms with Gasteiger partial charge in [0.05, 0.1) is 13.1 Å². The zero-order valence-electron chi connectivity index (χ0n) is 26.4. The standard InChI is InChI=1S/C33H42N6O3.C2H6/c1-36-24-31(40)38-29(18-11-20-34)32(41)37(23-30(38)39(36)33(42)35-22-25-12-5-2-6-13-25)21-19-28(26-14-7-3-8-15-26)27-16-9-4-10-17-27;1-2/h2-3,5-9,12-17,28-30H,4,10-11,18-24,34H2,1H3,(H,35,42);1-2H3/t28?,29-,30-;/m0./s1. The molecule has 3 atom stereocenters. The summed E-state index contributed by atoms with van der Waals surface area (Å²) in [4.78, 5) is 44.4. The summed E-state index contributed by atoms with van der Waals surface area (Å²) < 4.78 is 0. The number of allylic oxidation sites excluding steroid dienone is 4. The van der Waals surface area contributed by atoms with Crippen LogP contribution in [0.2, 0.25) is 0 Å². The Morgan fingerprint density at radius 1 is 1.02 bits per heavy atom. The van der Waals surface area contributed by atoms with E-state index in [2.05, 4.69) is 47.8 Å². The van der Waals surface area contributed by atoms with E-state index in [1.165, 1.54) is 11.1 Å². The highest BCUT2D eigenvalue weighted by atomic mass is 16.2. The van der Waals surface area contributed by atoms with Crippen molar-refractivity contribution in [1.29, 1.82) is 0 Å². The number of benzene rings is 2. The van der Waals surface area contributed by atoms with Crippen molar-refractivity contribution < 1.29 is 14.4 Å². The molecule has 9 nitrogen and oxygen atoms in total. The molecule has 2 fully saturated rings. The number of amides is 4. The summed E-state index contributed by atoms with van der Waals surface area (Å²) >= 11 is 0. The highest BCUT2D eigenvalue weighted by Crippen LogP contribution is 2.33. The van der Waals surface area contributed by atoms with E-state index in [1.807, 2.05) is 55.1 Å². The van der Waals surface area contributed by atoms with Crippen LogP contribution in [0.3, 0.4) is 0 Å². The predicted molar refractivity (Wildman–Crippen MR) is 174 cm³/mol. The van der Waals surface area contributed by atoms with Crippen LogP contribution in [-0.4, -0.2) is 83.1 Å². The summed E-state index contributed by atoms with van der Waals surface area (Å²) in [5.41, 5.74) is 9.32. The molecule has 236 valence electrons. The molecular formula is C35H48N6O3. The number of rotatable bonds is 10. The zero-order chi connectivity index (χ0) is 31.5. The Morgan fingerprint density at radius 2 is 1.73 bits per heavy atom. The van der Waals surface area contributed by atoms with Gasteiger partial charge in [-0.25, -0.2) is 14.8 Å². The van der Waals surface area contributed by atoms with Gasteiger partial charge in [-0.2, -0.15) is 0 Å². The van der Waals surface area contributed by atoms with E-state index in [-0.39, 0.29) is 36.9 Å². The van der Waals surface area contributed by atoms with Gasteiger partial charge in [0.25, 0.3) is 0 Å². The number of fused-ring (bicyclic) bond motifs is 1. The highest BCUT2D eigenvalue weighted by molar-refractivity contribution is 5.91. The van der Waals surface area contributed by atoms with Crippen molar-refractivity contribution in [2.45, 2.75) is 70.6 Å². The number of carbonyl (C=O) groups is 3. The molecule has 2 heterocycles. The van der Waals surface area contributed by atoms with Crippen molar-refractivity contribution in [2.24, 2.45) is 5.73 Å². The maximum Gasteiger partial charge on any atom is 0.334 e. The molecule has 2 saturated heterocycles. The van der Waals surface area contributed by atoms with E-state index >= 15 is 0 Å². The molecule has 1 unspecified atom stereocenters. The number of nitrogens with zero attached hydrogens (tertiary/aromatic N) is 4. The van der Waals surface area contributed by atoms with Crippen molar-refractivity contribution in [3.8, 4) is 0 Å². The first-order valence-electron chi connectivity index (χ1n) is 16.0. The predicted octanol–water partition coefficient (Wildman–Crippen LogP) is 4.64. The zero-order valence-corrected chi connectivity index (χ0v) is 26.4. The summed E-state index contributed by atoms with van der Waals surface area (Å²) in [6, 6.07) is 19.2. The van der Waals surface area contributed by atoms with Crippen LogP contribution in [0, 0.1) is 0 Å². The molecule has 0 radical (unpaired) electrons. The van der Waals surface area contributed by atoms with Crippen LogP contribution in [0.4, 0.5) is 4.79 Å². The molecule has 5 rings (SSSR count). The number of hydrazine groups is 1. The van der Waals surface area contributed by atoms with Gasteiger partial charge in [-0.1, -0.05) is 92.7 Å². The van der Waals surface area contributed by atoms with Crippen LogP contribution in [0.1, 0.15) is 63.0 Å². The van der Waals surface area contributed by atoms with E-state index in [1.54, 1.807) is 22.0 Å². The topological polar surface area (TPSA) is 102 Å². The Kier molecular flexibility index (Phi) is 12.1. The van der Waals surface area contributed by atoms with Gasteiger partial charge in [0.15, 0.2) is 0 Å². The Labute approximate surface area is 262 Å². The lowest BCUT2D eigenvalue weighted by atomic mass is 9.85. The van der Waals surface area contributed by atoms with Gasteiger partial charge in [-0.15, -0.1) is 0 Å². The molecule has 2 aromatic rings. The number of urea groups is 1. The molecule has 0 spiro atoms. The summed E-state index contributed by atoms with van der Waals surface area (Å²) in [5.74, 6) is -0.0662. The number of hydrogen-bond acceptors (Lipinski definition) is 5. The fourth-order valence-electron chi connectivity index (χ4n) is 6.34. The Morgan fingerprint density at radius 3 is 2.39 bits per heavy atom. The summed E-state index contributed by atoms with van der Waals surface area (Å²) in [7, 11) is 1.75. The molecular weight excluding hydrogens is 552 g/mol. The molecule has 3 aliphatic rings. The Hall–Kier alpha value is -3.95. The summed E-state index contributed by atoms with van der Waals surface area (Å²) in [6.07, 6.45) is 10.00. The highest BCUT2D eigenvalue weighted by Gasteiger charge is 2.50. The van der Waals surface area contributed by atoms with Crippen molar-refractivity contribution in [3.63, 3.8) is 0 Å². The second-order valence-electron chi connectivity index (χ2n) is 11.3. The quantitative estimate of drug-likeness (QED) is 0.414. The number of carbonyl (C=O) groups excluding carboxylic acids is 3. The molecule has 1 aliphatic carbocycles. The largest absolute Gasteiger partial charge is 0.337 e. The van der Waals surface area contributed by atoms with E-state index < -0.39 is 12.2 Å². The number of nitrogens with one attached hydrogen (secondary N) is 1. The molecule has 0 saturated carbocycles. The average molecular weight is 601 g/mol. The van der Waals surface area contributed by atoms with Gasteiger partial charge < -0.3 is 20.9 Å². The van der Waals surface area contributed by atoms with Gasteiger partial charge in [0.1, 0.15) is 12.2 Å². The first kappa shape index (κ1) is 33.0. The van der Waals surface area contributed by atoms with Crippen LogP contribution in [-0.2, 0) is 16.1 Å². The molecule has 44 heavy (non-hydrogen) atoms. The number of hydrogen-bond donors (Lipinski definition) is 2. The van der Waals surface area contributed by atoms with Gasteiger partial charge in [-0.05, 0) is 55.3 Å². The number of nitrogens with two attached hydrogens (primary N) is 1. The second-order valence-corrected chi connectivity index (χ2v) is 11.3. The van der Waals surface area contributed by atoms with Gasteiger partial charge in [-0.3, -0.25) is 9.59 Å². The Bertz CT molecular complexity index is 1300. The second kappa shape index (κ2) is 16.2. The van der Waals surface area contributed by atoms with Crippen molar-refractivity contribution in [2.75, 3.05) is 33.2 Å². The fourth-order valence-corrected chi connectivity index (χ4v) is 6.34. The van der Waals surface area contributed by atoms with Gasteiger partial charge >= 0.3 is 6.03 Å². The van der Waals surface area contributed by atoms with E-state index in [9.17, 15) is 14.4 Å². The fraction of sp³-hybridized carbons (Fsp3) is 0.457. The molecule has 0 bridgehead atoms. The van der Waals surface area contributed by atoms with Crippen LogP contribution in [0.5, 0.6) is 0 Å². The molecule has 0 aromatic heterocycles. The Balaban J connectivity index is 0.00000216. The summed E-state index contributed by atoms with van der Waals surface area (Å²) in [5, 5.41) is 6.29. The minimum Gasteiger partial charge on any atom is -0.337 e. The average Bonchev–Trinajstić information content (AvgIpc) is 3.06. The molecule has 4 amide bonds. The van der Waals surface area contributed by atoms with Crippen LogP contribution in [0.15, 0.2) is 84.5 Å². The number of likely N-dealkylation sites (N-methyl/N-ethyl adjacent to an activating group) is 1. The minimum atomic E-state index is -0.651. The first-order valence-corrected chi connectivity index (χ1v) is 16.0. The van der Waals surface area contributed by atoms with Gasteiger partial charge in [0.2, 0.25) is 11.8 Å².